The lowest BCUT2D eigenvalue weighted by atomic mass is 10.1. The van der Waals surface area contributed by atoms with Gasteiger partial charge in [-0.3, -0.25) is 0 Å². The van der Waals surface area contributed by atoms with Crippen molar-refractivity contribution in [1.82, 2.24) is 0 Å². The van der Waals surface area contributed by atoms with Gasteiger partial charge < -0.3 is 20.4 Å². The highest BCUT2D eigenvalue weighted by atomic mass is 16.5. The molecular formula is C5H9NO4. The maximum absolute atomic E-state index is 10.6. The third-order valence-electron chi connectivity index (χ3n) is 1.04. The van der Waals surface area contributed by atoms with E-state index < -0.39 is 18.1 Å². The van der Waals surface area contributed by atoms with E-state index in [0.717, 1.165) is 7.11 Å². The first-order chi connectivity index (χ1) is 4.60. The quantitative estimate of drug-likeness (QED) is 0.275. The normalized spacial score (nSPS) is 15.5. The molecule has 5 nitrogen and oxygen atoms in total. The Morgan fingerprint density at radius 3 is 2.50 bits per heavy atom. The zero-order chi connectivity index (χ0) is 8.20. The number of aldehydes is 1. The van der Waals surface area contributed by atoms with Gasteiger partial charge in [0.25, 0.3) is 0 Å². The van der Waals surface area contributed by atoms with E-state index in [9.17, 15) is 9.59 Å². The van der Waals surface area contributed by atoms with E-state index in [1.54, 1.807) is 0 Å². The van der Waals surface area contributed by atoms with E-state index in [1.165, 1.54) is 0 Å². The van der Waals surface area contributed by atoms with Crippen LogP contribution in [0.1, 0.15) is 0 Å². The summed E-state index contributed by atoms with van der Waals surface area (Å²) in [5.41, 5.74) is 3.16. The van der Waals surface area contributed by atoms with Crippen molar-refractivity contribution in [2.45, 2.75) is 5.54 Å². The van der Waals surface area contributed by atoms with Gasteiger partial charge in [-0.05, 0) is 0 Å². The third-order valence-corrected chi connectivity index (χ3v) is 1.04. The summed E-state index contributed by atoms with van der Waals surface area (Å²) in [4.78, 5) is 20.6. The van der Waals surface area contributed by atoms with Crippen molar-refractivity contribution in [2.24, 2.45) is 5.73 Å². The number of carbonyl (C=O) groups excluding carboxylic acids is 2. The fraction of sp³-hybridized carbons (Fsp3) is 0.600. The van der Waals surface area contributed by atoms with E-state index in [4.69, 9.17) is 10.8 Å². The van der Waals surface area contributed by atoms with E-state index in [2.05, 4.69) is 4.74 Å². The molecule has 10 heavy (non-hydrogen) atoms. The average Bonchev–Trinajstić information content (AvgIpc) is 2.01. The molecular weight excluding hydrogens is 138 g/mol. The molecule has 0 saturated carbocycles. The summed E-state index contributed by atoms with van der Waals surface area (Å²) in [5.74, 6) is -0.940. The van der Waals surface area contributed by atoms with Crippen molar-refractivity contribution >= 4 is 12.3 Å². The predicted molar refractivity (Wildman–Crippen MR) is 32.1 cm³/mol. The topological polar surface area (TPSA) is 89.6 Å². The Bertz CT molecular complexity index is 147. The Morgan fingerprint density at radius 1 is 1.90 bits per heavy atom. The lowest BCUT2D eigenvalue weighted by molar-refractivity contribution is -0.150. The fourth-order valence-electron chi connectivity index (χ4n) is 0.340. The molecule has 0 fully saturated rings. The Kier molecular flexibility index (Phi) is 2.98. The Balaban J connectivity index is 4.31. The average molecular weight is 147 g/mol. The summed E-state index contributed by atoms with van der Waals surface area (Å²) in [6.45, 7) is -0.747. The molecule has 0 aromatic rings. The van der Waals surface area contributed by atoms with E-state index in [-0.39, 0.29) is 6.29 Å². The van der Waals surface area contributed by atoms with Gasteiger partial charge in [-0.2, -0.15) is 0 Å². The molecule has 0 saturated heterocycles. The summed E-state index contributed by atoms with van der Waals surface area (Å²) in [7, 11) is 1.09. The van der Waals surface area contributed by atoms with Crippen molar-refractivity contribution in [1.29, 1.82) is 0 Å². The van der Waals surface area contributed by atoms with Gasteiger partial charge in [0.05, 0.1) is 13.7 Å². The third kappa shape index (κ3) is 1.52. The minimum absolute atomic E-state index is 0.152. The van der Waals surface area contributed by atoms with Crippen molar-refractivity contribution in [3.05, 3.63) is 0 Å². The van der Waals surface area contributed by atoms with Crippen LogP contribution < -0.4 is 5.73 Å². The molecule has 0 bridgehead atoms. The number of methoxy groups -OCH3 is 1. The molecule has 0 radical (unpaired) electrons. The molecule has 1 atom stereocenters. The molecule has 0 unspecified atom stereocenters. The minimum Gasteiger partial charge on any atom is -0.467 e. The van der Waals surface area contributed by atoms with Crippen LogP contribution in [0.15, 0.2) is 0 Å². The number of ether oxygens (including phenoxy) is 1. The van der Waals surface area contributed by atoms with Gasteiger partial charge in [0, 0.05) is 0 Å². The number of nitrogens with two attached hydrogens (primary N) is 1. The smallest absolute Gasteiger partial charge is 0.335 e. The zero-order valence-electron chi connectivity index (χ0n) is 5.53. The molecule has 0 heterocycles. The van der Waals surface area contributed by atoms with Crippen molar-refractivity contribution in [3.8, 4) is 0 Å². The highest BCUT2D eigenvalue weighted by Gasteiger charge is 2.34. The summed E-state index contributed by atoms with van der Waals surface area (Å²) in [6.07, 6.45) is 0.152. The summed E-state index contributed by atoms with van der Waals surface area (Å²) in [5, 5.41) is 8.43. The van der Waals surface area contributed by atoms with Gasteiger partial charge >= 0.3 is 5.97 Å². The molecule has 0 aliphatic rings. The lowest BCUT2D eigenvalue weighted by Gasteiger charge is -2.15. The van der Waals surface area contributed by atoms with Gasteiger partial charge in [0.15, 0.2) is 11.8 Å². The van der Waals surface area contributed by atoms with Crippen LogP contribution in [0.5, 0.6) is 0 Å². The second-order valence-corrected chi connectivity index (χ2v) is 1.81. The monoisotopic (exact) mass is 147 g/mol. The maximum atomic E-state index is 10.6. The highest BCUT2D eigenvalue weighted by Crippen LogP contribution is 1.96. The molecule has 0 aliphatic carbocycles. The standard InChI is InChI=1S/C5H9NO4/c1-10-4(9)5(6,2-7)3-8/h2,8H,3,6H2,1H3/t5-/m0/s1. The van der Waals surface area contributed by atoms with E-state index in [0.29, 0.717) is 0 Å². The Hall–Kier alpha value is -0.940. The van der Waals surface area contributed by atoms with Crippen LogP contribution in [0.3, 0.4) is 0 Å². The van der Waals surface area contributed by atoms with Crippen molar-refractivity contribution in [3.63, 3.8) is 0 Å². The Morgan fingerprint density at radius 2 is 2.40 bits per heavy atom. The molecule has 0 aromatic heterocycles. The molecule has 0 rings (SSSR count). The van der Waals surface area contributed by atoms with E-state index >= 15 is 0 Å². The van der Waals surface area contributed by atoms with Crippen LogP contribution >= 0.6 is 0 Å². The first kappa shape index (κ1) is 9.06. The van der Waals surface area contributed by atoms with Crippen LogP contribution in [0, 0.1) is 0 Å². The Labute approximate surface area is 57.8 Å². The molecule has 3 N–H and O–H groups in total. The first-order valence-electron chi connectivity index (χ1n) is 2.55. The van der Waals surface area contributed by atoms with Crippen LogP contribution in [-0.4, -0.2) is 36.6 Å². The molecule has 0 aromatic carbocycles. The molecule has 0 spiro atoms. The molecule has 0 aliphatic heterocycles. The van der Waals surface area contributed by atoms with Crippen LogP contribution in [-0.2, 0) is 14.3 Å². The van der Waals surface area contributed by atoms with Gasteiger partial charge in [0.2, 0.25) is 0 Å². The zero-order valence-corrected chi connectivity index (χ0v) is 5.53. The van der Waals surface area contributed by atoms with Gasteiger partial charge in [0.1, 0.15) is 0 Å². The largest absolute Gasteiger partial charge is 0.467 e. The molecule has 58 valence electrons. The summed E-state index contributed by atoms with van der Waals surface area (Å²) in [6, 6.07) is 0. The molecule has 5 heteroatoms. The van der Waals surface area contributed by atoms with Crippen molar-refractivity contribution < 1.29 is 19.4 Å². The lowest BCUT2D eigenvalue weighted by Crippen LogP contribution is -2.53. The fourth-order valence-corrected chi connectivity index (χ4v) is 0.340. The van der Waals surface area contributed by atoms with Crippen LogP contribution in [0.25, 0.3) is 0 Å². The van der Waals surface area contributed by atoms with Gasteiger partial charge in [-0.15, -0.1) is 0 Å². The van der Waals surface area contributed by atoms with Crippen molar-refractivity contribution in [2.75, 3.05) is 13.7 Å². The number of aliphatic hydroxyl groups excluding tert-OH is 1. The van der Waals surface area contributed by atoms with Crippen LogP contribution in [0.4, 0.5) is 0 Å². The summed E-state index contributed by atoms with van der Waals surface area (Å²) < 4.78 is 4.14. The first-order valence-corrected chi connectivity index (χ1v) is 2.55. The maximum Gasteiger partial charge on any atom is 0.335 e. The number of hydrogen-bond donors (Lipinski definition) is 2. The number of carbonyl (C=O) groups is 2. The van der Waals surface area contributed by atoms with E-state index in [1.807, 2.05) is 0 Å². The number of aliphatic hydroxyl groups is 1. The van der Waals surface area contributed by atoms with Gasteiger partial charge in [-0.1, -0.05) is 0 Å². The highest BCUT2D eigenvalue weighted by molar-refractivity contribution is 5.98. The SMILES string of the molecule is COC(=O)[C@](N)(C=O)CO. The van der Waals surface area contributed by atoms with Gasteiger partial charge in [-0.25, -0.2) is 4.79 Å². The number of esters is 1. The molecule has 0 amide bonds. The second kappa shape index (κ2) is 3.28. The number of rotatable bonds is 3. The predicted octanol–water partition coefficient (Wildman–Crippen LogP) is -1.95. The van der Waals surface area contributed by atoms with Crippen LogP contribution in [0.2, 0.25) is 0 Å². The summed E-state index contributed by atoms with van der Waals surface area (Å²) >= 11 is 0. The number of hydrogen-bond acceptors (Lipinski definition) is 5. The minimum atomic E-state index is -1.89. The second-order valence-electron chi connectivity index (χ2n) is 1.81.